The van der Waals surface area contributed by atoms with Crippen LogP contribution >= 0.6 is 11.3 Å². The maximum Gasteiger partial charge on any atom is 0.312 e. The van der Waals surface area contributed by atoms with Gasteiger partial charge in [0.25, 0.3) is 5.91 Å². The van der Waals surface area contributed by atoms with Gasteiger partial charge < -0.3 is 9.64 Å². The molecule has 1 saturated heterocycles. The van der Waals surface area contributed by atoms with E-state index in [0.29, 0.717) is 18.7 Å². The number of amides is 1. The number of nitrogens with zero attached hydrogens (tertiary/aromatic N) is 2. The number of hydrogen-bond donors (Lipinski definition) is 0. The summed E-state index contributed by atoms with van der Waals surface area (Å²) in [5.41, 5.74) is 0.629. The number of carbonyl (C=O) groups excluding carboxylic acids is 2. The summed E-state index contributed by atoms with van der Waals surface area (Å²) in [5, 5.41) is 2.65. The molecule has 0 radical (unpaired) electrons. The third-order valence-corrected chi connectivity index (χ3v) is 6.64. The zero-order valence-electron chi connectivity index (χ0n) is 14.6. The molecule has 1 atom stereocenters. The van der Waals surface area contributed by atoms with E-state index in [-0.39, 0.29) is 36.5 Å². The highest BCUT2D eigenvalue weighted by Gasteiger charge is 2.34. The van der Waals surface area contributed by atoms with Crippen LogP contribution in [0.15, 0.2) is 5.38 Å². The van der Waals surface area contributed by atoms with E-state index in [9.17, 15) is 18.0 Å². The van der Waals surface area contributed by atoms with Crippen LogP contribution in [0.4, 0.5) is 0 Å². The number of esters is 1. The summed E-state index contributed by atoms with van der Waals surface area (Å²) in [6, 6.07) is -0.316. The van der Waals surface area contributed by atoms with Crippen molar-refractivity contribution in [3.8, 4) is 0 Å². The average Bonchev–Trinajstić information content (AvgIpc) is 3.11. The van der Waals surface area contributed by atoms with Crippen LogP contribution < -0.4 is 0 Å². The Morgan fingerprint density at radius 3 is 2.76 bits per heavy atom. The summed E-state index contributed by atoms with van der Waals surface area (Å²) in [6.45, 7) is 3.98. The molecular formula is C16H24N2O5S2. The molecule has 1 aromatic rings. The molecule has 0 aromatic carbocycles. The first kappa shape index (κ1) is 19.8. The standard InChI is InChI=1S/C16H24N2O5S2/c1-3-4-6-18(14-5-7-25(21,22)11-14)15(19)9-23-16(20)8-13-10-24-12(2)17-13/h10,14H,3-9,11H2,1-2H3. The second-order valence-electron chi connectivity index (χ2n) is 6.19. The Kier molecular flexibility index (Phi) is 6.95. The molecule has 140 valence electrons. The van der Waals surface area contributed by atoms with Crippen LogP contribution in [0.1, 0.15) is 36.9 Å². The molecule has 1 amide bonds. The second kappa shape index (κ2) is 8.75. The van der Waals surface area contributed by atoms with E-state index >= 15 is 0 Å². The molecule has 7 nitrogen and oxygen atoms in total. The number of rotatable bonds is 8. The van der Waals surface area contributed by atoms with E-state index in [2.05, 4.69) is 4.98 Å². The van der Waals surface area contributed by atoms with Gasteiger partial charge in [-0.1, -0.05) is 13.3 Å². The van der Waals surface area contributed by atoms with E-state index in [4.69, 9.17) is 4.74 Å². The lowest BCUT2D eigenvalue weighted by atomic mass is 10.2. The summed E-state index contributed by atoms with van der Waals surface area (Å²) in [5.74, 6) is -0.739. The Labute approximate surface area is 152 Å². The molecule has 1 fully saturated rings. The van der Waals surface area contributed by atoms with E-state index in [1.165, 1.54) is 11.3 Å². The minimum atomic E-state index is -3.08. The van der Waals surface area contributed by atoms with Crippen LogP contribution in [0.5, 0.6) is 0 Å². The predicted octanol–water partition coefficient (Wildman–Crippen LogP) is 1.35. The fourth-order valence-corrected chi connectivity index (χ4v) is 5.12. The van der Waals surface area contributed by atoms with E-state index < -0.39 is 15.8 Å². The van der Waals surface area contributed by atoms with Crippen molar-refractivity contribution < 1.29 is 22.7 Å². The van der Waals surface area contributed by atoms with Crippen molar-refractivity contribution in [2.45, 2.75) is 45.6 Å². The lowest BCUT2D eigenvalue weighted by Crippen LogP contribution is -2.44. The zero-order chi connectivity index (χ0) is 18.4. The number of carbonyl (C=O) groups is 2. The first-order valence-corrected chi connectivity index (χ1v) is 11.1. The molecular weight excluding hydrogens is 364 g/mol. The third kappa shape index (κ3) is 6.07. The Hall–Kier alpha value is -1.48. The number of hydrogen-bond acceptors (Lipinski definition) is 7. The molecule has 0 bridgehead atoms. The summed E-state index contributed by atoms with van der Waals surface area (Å²) >= 11 is 1.45. The van der Waals surface area contributed by atoms with Gasteiger partial charge in [-0.3, -0.25) is 9.59 Å². The van der Waals surface area contributed by atoms with Crippen molar-refractivity contribution in [2.75, 3.05) is 24.7 Å². The number of sulfone groups is 1. The largest absolute Gasteiger partial charge is 0.455 e. The molecule has 25 heavy (non-hydrogen) atoms. The molecule has 2 heterocycles. The number of unbranched alkanes of at least 4 members (excludes halogenated alkanes) is 1. The van der Waals surface area contributed by atoms with Crippen LogP contribution in [0.25, 0.3) is 0 Å². The van der Waals surface area contributed by atoms with E-state index in [0.717, 1.165) is 17.8 Å². The van der Waals surface area contributed by atoms with Gasteiger partial charge in [0.15, 0.2) is 16.4 Å². The Bertz CT molecular complexity index is 714. The summed E-state index contributed by atoms with van der Waals surface area (Å²) in [7, 11) is -3.08. The van der Waals surface area contributed by atoms with Crippen molar-refractivity contribution >= 4 is 33.1 Å². The third-order valence-electron chi connectivity index (χ3n) is 4.07. The van der Waals surface area contributed by atoms with Crippen LogP contribution in [-0.2, 0) is 30.6 Å². The highest BCUT2D eigenvalue weighted by atomic mass is 32.2. The molecule has 9 heteroatoms. The molecule has 0 N–H and O–H groups in total. The molecule has 0 saturated carbocycles. The molecule has 1 aromatic heterocycles. The normalized spacial score (nSPS) is 18.9. The Morgan fingerprint density at radius 2 is 2.20 bits per heavy atom. The first-order chi connectivity index (χ1) is 11.8. The molecule has 1 aliphatic rings. The minimum absolute atomic E-state index is 0.00546. The molecule has 1 aliphatic heterocycles. The fraction of sp³-hybridized carbons (Fsp3) is 0.688. The molecule has 0 aliphatic carbocycles. The Balaban J connectivity index is 1.89. The summed E-state index contributed by atoms with van der Waals surface area (Å²) in [6.07, 6.45) is 2.16. The zero-order valence-corrected chi connectivity index (χ0v) is 16.2. The van der Waals surface area contributed by atoms with Gasteiger partial charge in [0.1, 0.15) is 0 Å². The van der Waals surface area contributed by atoms with Crippen LogP contribution in [-0.4, -0.2) is 60.9 Å². The lowest BCUT2D eigenvalue weighted by molar-refractivity contribution is -0.152. The predicted molar refractivity (Wildman–Crippen MR) is 95.2 cm³/mol. The topological polar surface area (TPSA) is 93.6 Å². The number of aryl methyl sites for hydroxylation is 1. The summed E-state index contributed by atoms with van der Waals surface area (Å²) in [4.78, 5) is 30.1. The maximum absolute atomic E-state index is 12.4. The van der Waals surface area contributed by atoms with Gasteiger partial charge in [-0.15, -0.1) is 11.3 Å². The Morgan fingerprint density at radius 1 is 1.44 bits per heavy atom. The highest BCUT2D eigenvalue weighted by Crippen LogP contribution is 2.19. The number of aromatic nitrogens is 1. The van der Waals surface area contributed by atoms with Crippen molar-refractivity contribution in [2.24, 2.45) is 0 Å². The number of ether oxygens (including phenoxy) is 1. The van der Waals surface area contributed by atoms with Crippen molar-refractivity contribution in [1.82, 2.24) is 9.88 Å². The first-order valence-electron chi connectivity index (χ1n) is 8.37. The van der Waals surface area contributed by atoms with Crippen molar-refractivity contribution in [3.05, 3.63) is 16.1 Å². The SMILES string of the molecule is CCCCN(C(=O)COC(=O)Cc1csc(C)n1)C1CCS(=O)(=O)C1. The minimum Gasteiger partial charge on any atom is -0.455 e. The van der Waals surface area contributed by atoms with Gasteiger partial charge >= 0.3 is 5.97 Å². The fourth-order valence-electron chi connectivity index (χ4n) is 2.77. The van der Waals surface area contributed by atoms with Crippen molar-refractivity contribution in [3.63, 3.8) is 0 Å². The van der Waals surface area contributed by atoms with Gasteiger partial charge in [0.05, 0.1) is 28.6 Å². The molecule has 1 unspecified atom stereocenters. The van der Waals surface area contributed by atoms with Crippen LogP contribution in [0, 0.1) is 6.92 Å². The second-order valence-corrected chi connectivity index (χ2v) is 9.48. The maximum atomic E-state index is 12.4. The smallest absolute Gasteiger partial charge is 0.312 e. The van der Waals surface area contributed by atoms with Gasteiger partial charge in [0, 0.05) is 18.0 Å². The van der Waals surface area contributed by atoms with Crippen LogP contribution in [0.2, 0.25) is 0 Å². The monoisotopic (exact) mass is 388 g/mol. The van der Waals surface area contributed by atoms with Gasteiger partial charge in [0.2, 0.25) is 0 Å². The van der Waals surface area contributed by atoms with Crippen LogP contribution in [0.3, 0.4) is 0 Å². The van der Waals surface area contributed by atoms with Gasteiger partial charge in [-0.25, -0.2) is 13.4 Å². The quantitative estimate of drug-likeness (QED) is 0.624. The average molecular weight is 389 g/mol. The van der Waals surface area contributed by atoms with E-state index in [1.54, 1.807) is 10.3 Å². The van der Waals surface area contributed by atoms with E-state index in [1.807, 2.05) is 13.8 Å². The number of thiazole rings is 1. The lowest BCUT2D eigenvalue weighted by Gasteiger charge is -2.28. The molecule has 0 spiro atoms. The molecule has 2 rings (SSSR count). The summed E-state index contributed by atoms with van der Waals surface area (Å²) < 4.78 is 28.4. The highest BCUT2D eigenvalue weighted by molar-refractivity contribution is 7.91. The van der Waals surface area contributed by atoms with Gasteiger partial charge in [-0.05, 0) is 19.8 Å². The van der Waals surface area contributed by atoms with Gasteiger partial charge in [-0.2, -0.15) is 0 Å². The van der Waals surface area contributed by atoms with Crippen molar-refractivity contribution in [1.29, 1.82) is 0 Å².